The number of imide groups is 1. The number of amides is 2. The van der Waals surface area contributed by atoms with Crippen LogP contribution in [0.1, 0.15) is 38.5 Å². The highest BCUT2D eigenvalue weighted by Crippen LogP contribution is 2.38. The molecule has 2 aliphatic rings. The van der Waals surface area contributed by atoms with Gasteiger partial charge in [-0.05, 0) is 19.8 Å². The van der Waals surface area contributed by atoms with E-state index < -0.39 is 12.0 Å². The van der Waals surface area contributed by atoms with Crippen molar-refractivity contribution in [1.82, 2.24) is 15.0 Å². The van der Waals surface area contributed by atoms with E-state index >= 15 is 0 Å². The highest BCUT2D eigenvalue weighted by Gasteiger charge is 2.51. The Morgan fingerprint density at radius 3 is 2.46 bits per heavy atom. The SMILES string of the molecule is C[C@H](C(=O)OCc1nc(-c2ccccc2)no1)N1C(=O)[C@H]2CCCC[C@H]2C1=O. The lowest BCUT2D eigenvalue weighted by atomic mass is 9.81. The molecule has 3 atom stereocenters. The first-order chi connectivity index (χ1) is 13.6. The first kappa shape index (κ1) is 18.3. The summed E-state index contributed by atoms with van der Waals surface area (Å²) >= 11 is 0. The number of hydrogen-bond donors (Lipinski definition) is 0. The third-order valence-electron chi connectivity index (χ3n) is 5.44. The van der Waals surface area contributed by atoms with Gasteiger partial charge in [-0.2, -0.15) is 4.98 Å². The van der Waals surface area contributed by atoms with E-state index in [0.717, 1.165) is 23.3 Å². The van der Waals surface area contributed by atoms with Gasteiger partial charge in [0.1, 0.15) is 6.04 Å². The van der Waals surface area contributed by atoms with Gasteiger partial charge < -0.3 is 9.26 Å². The molecule has 2 aromatic rings. The zero-order valence-corrected chi connectivity index (χ0v) is 15.5. The first-order valence-electron chi connectivity index (χ1n) is 9.48. The second-order valence-electron chi connectivity index (χ2n) is 7.21. The molecule has 8 heteroatoms. The average molecular weight is 383 g/mol. The summed E-state index contributed by atoms with van der Waals surface area (Å²) in [5.74, 6) is -1.23. The van der Waals surface area contributed by atoms with Crippen molar-refractivity contribution in [3.05, 3.63) is 36.2 Å². The van der Waals surface area contributed by atoms with Crippen LogP contribution in [-0.4, -0.2) is 38.9 Å². The second-order valence-corrected chi connectivity index (χ2v) is 7.21. The summed E-state index contributed by atoms with van der Waals surface area (Å²) in [4.78, 5) is 42.9. The average Bonchev–Trinajstić information content (AvgIpc) is 3.30. The summed E-state index contributed by atoms with van der Waals surface area (Å²) < 4.78 is 10.3. The van der Waals surface area contributed by atoms with Crippen LogP contribution in [0.25, 0.3) is 11.4 Å². The lowest BCUT2D eigenvalue weighted by Crippen LogP contribution is -2.44. The van der Waals surface area contributed by atoms with E-state index in [-0.39, 0.29) is 36.1 Å². The van der Waals surface area contributed by atoms with Crippen molar-refractivity contribution >= 4 is 17.8 Å². The Labute approximate surface area is 161 Å². The first-order valence-corrected chi connectivity index (χ1v) is 9.48. The van der Waals surface area contributed by atoms with Crippen LogP contribution in [0.4, 0.5) is 0 Å². The molecule has 2 amide bonds. The Balaban J connectivity index is 1.38. The summed E-state index contributed by atoms with van der Waals surface area (Å²) in [6.45, 7) is 1.30. The standard InChI is InChI=1S/C20H21N3O5/c1-12(23-18(24)14-9-5-6-10-15(14)19(23)25)20(26)27-11-16-21-17(22-28-16)13-7-3-2-4-8-13/h2-4,7-8,12,14-15H,5-6,9-11H2,1H3/t12-,14-,15+/m1/s1. The monoisotopic (exact) mass is 383 g/mol. The van der Waals surface area contributed by atoms with Crippen LogP contribution in [0.3, 0.4) is 0 Å². The van der Waals surface area contributed by atoms with Gasteiger partial charge in [0.2, 0.25) is 17.6 Å². The van der Waals surface area contributed by atoms with Gasteiger partial charge in [-0.15, -0.1) is 0 Å². The normalized spacial score (nSPS) is 22.8. The van der Waals surface area contributed by atoms with Crippen molar-refractivity contribution in [3.8, 4) is 11.4 Å². The van der Waals surface area contributed by atoms with Crippen molar-refractivity contribution in [2.24, 2.45) is 11.8 Å². The van der Waals surface area contributed by atoms with E-state index in [2.05, 4.69) is 10.1 Å². The van der Waals surface area contributed by atoms with E-state index in [1.807, 2.05) is 30.3 Å². The van der Waals surface area contributed by atoms with E-state index in [0.29, 0.717) is 18.7 Å². The fourth-order valence-corrected chi connectivity index (χ4v) is 3.95. The number of carbonyl (C=O) groups is 3. The molecule has 2 fully saturated rings. The minimum atomic E-state index is -0.970. The van der Waals surface area contributed by atoms with Gasteiger partial charge in [0.05, 0.1) is 11.8 Å². The van der Waals surface area contributed by atoms with Gasteiger partial charge in [0, 0.05) is 5.56 Å². The number of hydrogen-bond acceptors (Lipinski definition) is 7. The van der Waals surface area contributed by atoms with Crippen LogP contribution < -0.4 is 0 Å². The van der Waals surface area contributed by atoms with E-state index in [4.69, 9.17) is 9.26 Å². The lowest BCUT2D eigenvalue weighted by molar-refractivity contribution is -0.159. The second kappa shape index (κ2) is 7.53. The molecule has 1 aliphatic carbocycles. The Morgan fingerprint density at radius 1 is 1.18 bits per heavy atom. The zero-order valence-electron chi connectivity index (χ0n) is 15.5. The maximum Gasteiger partial charge on any atom is 0.329 e. The van der Waals surface area contributed by atoms with Crippen LogP contribution in [0.15, 0.2) is 34.9 Å². The van der Waals surface area contributed by atoms with Crippen molar-refractivity contribution in [3.63, 3.8) is 0 Å². The maximum atomic E-state index is 12.6. The van der Waals surface area contributed by atoms with Gasteiger partial charge in [0.15, 0.2) is 6.61 Å². The van der Waals surface area contributed by atoms with Crippen LogP contribution in [0.2, 0.25) is 0 Å². The number of likely N-dealkylation sites (tertiary alicyclic amines) is 1. The minimum Gasteiger partial charge on any atom is -0.454 e. The molecular weight excluding hydrogens is 362 g/mol. The largest absolute Gasteiger partial charge is 0.454 e. The summed E-state index contributed by atoms with van der Waals surface area (Å²) in [7, 11) is 0. The predicted octanol–water partition coefficient (Wildman–Crippen LogP) is 2.34. The van der Waals surface area contributed by atoms with Crippen molar-refractivity contribution in [2.75, 3.05) is 0 Å². The molecule has 8 nitrogen and oxygen atoms in total. The molecule has 1 saturated carbocycles. The molecule has 2 heterocycles. The molecule has 0 unspecified atom stereocenters. The predicted molar refractivity (Wildman–Crippen MR) is 96.3 cm³/mol. The van der Waals surface area contributed by atoms with E-state index in [1.54, 1.807) is 0 Å². The number of esters is 1. The van der Waals surface area contributed by atoms with Crippen LogP contribution >= 0.6 is 0 Å². The zero-order chi connectivity index (χ0) is 19.7. The Kier molecular flexibility index (Phi) is 4.93. The Hall–Kier alpha value is -3.03. The van der Waals surface area contributed by atoms with Crippen molar-refractivity contribution in [2.45, 2.75) is 45.3 Å². The van der Waals surface area contributed by atoms with E-state index in [1.165, 1.54) is 6.92 Å². The molecule has 1 aromatic carbocycles. The Bertz CT molecular complexity index is 870. The smallest absolute Gasteiger partial charge is 0.329 e. The summed E-state index contributed by atoms with van der Waals surface area (Å²) in [6.07, 6.45) is 3.29. The number of carbonyl (C=O) groups excluding carboxylic acids is 3. The maximum absolute atomic E-state index is 12.6. The highest BCUT2D eigenvalue weighted by atomic mass is 16.6. The van der Waals surface area contributed by atoms with Gasteiger partial charge in [0.25, 0.3) is 5.89 Å². The highest BCUT2D eigenvalue weighted by molar-refractivity contribution is 6.07. The van der Waals surface area contributed by atoms with Gasteiger partial charge in [-0.25, -0.2) is 4.79 Å². The molecule has 1 aliphatic heterocycles. The number of aromatic nitrogens is 2. The number of nitrogens with zero attached hydrogens (tertiary/aromatic N) is 3. The number of ether oxygens (including phenoxy) is 1. The molecule has 0 spiro atoms. The fraction of sp³-hybridized carbons (Fsp3) is 0.450. The number of fused-ring (bicyclic) bond motifs is 1. The molecular formula is C20H21N3O5. The topological polar surface area (TPSA) is 103 Å². The number of rotatable bonds is 5. The molecule has 0 bridgehead atoms. The lowest BCUT2D eigenvalue weighted by Gasteiger charge is -2.21. The fourth-order valence-electron chi connectivity index (χ4n) is 3.95. The molecule has 0 radical (unpaired) electrons. The van der Waals surface area contributed by atoms with Gasteiger partial charge in [-0.1, -0.05) is 48.3 Å². The molecule has 1 saturated heterocycles. The summed E-state index contributed by atoms with van der Waals surface area (Å²) in [5, 5.41) is 3.86. The molecule has 146 valence electrons. The third kappa shape index (κ3) is 3.30. The molecule has 0 N–H and O–H groups in total. The molecule has 28 heavy (non-hydrogen) atoms. The summed E-state index contributed by atoms with van der Waals surface area (Å²) in [5.41, 5.74) is 0.785. The third-order valence-corrected chi connectivity index (χ3v) is 5.44. The quantitative estimate of drug-likeness (QED) is 0.577. The minimum absolute atomic E-state index is 0.146. The van der Waals surface area contributed by atoms with Crippen LogP contribution in [0, 0.1) is 11.8 Å². The molecule has 1 aromatic heterocycles. The van der Waals surface area contributed by atoms with Gasteiger partial charge in [-0.3, -0.25) is 14.5 Å². The summed E-state index contributed by atoms with van der Waals surface area (Å²) in [6, 6.07) is 8.30. The number of benzene rings is 1. The van der Waals surface area contributed by atoms with Gasteiger partial charge >= 0.3 is 5.97 Å². The van der Waals surface area contributed by atoms with Crippen LogP contribution in [-0.2, 0) is 25.7 Å². The van der Waals surface area contributed by atoms with Crippen molar-refractivity contribution in [1.29, 1.82) is 0 Å². The molecule has 4 rings (SSSR count). The Morgan fingerprint density at radius 2 is 1.82 bits per heavy atom. The van der Waals surface area contributed by atoms with Crippen molar-refractivity contribution < 1.29 is 23.6 Å². The van der Waals surface area contributed by atoms with E-state index in [9.17, 15) is 14.4 Å². The van der Waals surface area contributed by atoms with Crippen LogP contribution in [0.5, 0.6) is 0 Å².